The summed E-state index contributed by atoms with van der Waals surface area (Å²) in [6.07, 6.45) is -3.09. The van der Waals surface area contributed by atoms with Crippen LogP contribution in [0.3, 0.4) is 0 Å². The number of carbonyl (C=O) groups is 2. The summed E-state index contributed by atoms with van der Waals surface area (Å²) in [7, 11) is 0. The second-order valence-electron chi connectivity index (χ2n) is 7.17. The van der Waals surface area contributed by atoms with Crippen LogP contribution in [0.25, 0.3) is 10.9 Å². The molecule has 1 aliphatic rings. The smallest absolute Gasteiger partial charge is 0.319 e. The van der Waals surface area contributed by atoms with Crippen molar-refractivity contribution in [2.45, 2.75) is 25.2 Å². The molecule has 4 rings (SSSR count). The van der Waals surface area contributed by atoms with E-state index < -0.39 is 35.0 Å². The van der Waals surface area contributed by atoms with Gasteiger partial charge < -0.3 is 5.32 Å². The Morgan fingerprint density at radius 2 is 1.87 bits per heavy atom. The van der Waals surface area contributed by atoms with E-state index >= 15 is 0 Å². The van der Waals surface area contributed by atoms with Crippen molar-refractivity contribution in [2.24, 2.45) is 0 Å². The van der Waals surface area contributed by atoms with Crippen LogP contribution in [0.15, 0.2) is 54.7 Å². The van der Waals surface area contributed by atoms with Gasteiger partial charge in [-0.1, -0.05) is 18.2 Å². The fourth-order valence-electron chi connectivity index (χ4n) is 3.56. The Balaban J connectivity index is 1.71. The van der Waals surface area contributed by atoms with Gasteiger partial charge >= 0.3 is 12.2 Å². The van der Waals surface area contributed by atoms with Crippen LogP contribution in [-0.4, -0.2) is 21.8 Å². The van der Waals surface area contributed by atoms with Crippen molar-refractivity contribution in [3.05, 3.63) is 77.2 Å². The number of hydrogen-bond acceptors (Lipinski definition) is 3. The van der Waals surface area contributed by atoms with Gasteiger partial charge in [0, 0.05) is 17.1 Å². The van der Waals surface area contributed by atoms with Crippen LogP contribution >= 0.6 is 0 Å². The minimum absolute atomic E-state index is 0.000371. The van der Waals surface area contributed by atoms with Crippen molar-refractivity contribution in [1.29, 1.82) is 0 Å². The molecule has 1 aromatic heterocycles. The maximum Gasteiger partial charge on any atom is 0.416 e. The second kappa shape index (κ2) is 6.79. The third-order valence-electron chi connectivity index (χ3n) is 5.12. The highest BCUT2D eigenvalue weighted by molar-refractivity contribution is 6.07. The number of hydrogen-bond donors (Lipinski definition) is 1. The number of pyridine rings is 1. The van der Waals surface area contributed by atoms with Gasteiger partial charge in [0.05, 0.1) is 17.6 Å². The van der Waals surface area contributed by atoms with Crippen LogP contribution in [0.5, 0.6) is 0 Å². The van der Waals surface area contributed by atoms with E-state index in [4.69, 9.17) is 0 Å². The number of benzene rings is 2. The molecular weight excluding hydrogens is 402 g/mol. The summed E-state index contributed by atoms with van der Waals surface area (Å²) in [4.78, 5) is 30.6. The van der Waals surface area contributed by atoms with Crippen molar-refractivity contribution in [2.75, 3.05) is 0 Å². The fraction of sp³-hybridized carbons (Fsp3) is 0.190. The first kappa shape index (κ1) is 19.8. The molecule has 0 aliphatic carbocycles. The summed E-state index contributed by atoms with van der Waals surface area (Å²) >= 11 is 0. The maximum atomic E-state index is 14.0. The lowest BCUT2D eigenvalue weighted by Crippen LogP contribution is -2.41. The molecule has 1 atom stereocenters. The number of urea groups is 1. The highest BCUT2D eigenvalue weighted by Crippen LogP contribution is 2.35. The van der Waals surface area contributed by atoms with Crippen molar-refractivity contribution in [3.63, 3.8) is 0 Å². The molecule has 3 amide bonds. The zero-order valence-electron chi connectivity index (χ0n) is 15.6. The van der Waals surface area contributed by atoms with E-state index in [0.29, 0.717) is 16.5 Å². The molecule has 0 saturated carbocycles. The molecular formula is C21H15F4N3O2. The van der Waals surface area contributed by atoms with Gasteiger partial charge in [-0.3, -0.25) is 14.7 Å². The predicted molar refractivity (Wildman–Crippen MR) is 99.6 cm³/mol. The predicted octanol–water partition coefficient (Wildman–Crippen LogP) is 4.36. The fourth-order valence-corrected chi connectivity index (χ4v) is 3.56. The molecule has 1 aliphatic heterocycles. The number of carbonyl (C=O) groups excluding carboxylic acids is 2. The Labute approximate surface area is 168 Å². The van der Waals surface area contributed by atoms with E-state index in [1.807, 2.05) is 0 Å². The Hall–Kier alpha value is -3.49. The Bertz CT molecular complexity index is 1180. The summed E-state index contributed by atoms with van der Waals surface area (Å²) in [5.41, 5.74) is -1.88. The van der Waals surface area contributed by atoms with Crippen molar-refractivity contribution in [1.82, 2.24) is 15.2 Å². The van der Waals surface area contributed by atoms with E-state index in [1.54, 1.807) is 12.1 Å². The highest BCUT2D eigenvalue weighted by Gasteiger charge is 2.49. The molecule has 1 unspecified atom stereocenters. The van der Waals surface area contributed by atoms with Crippen molar-refractivity contribution in [3.8, 4) is 0 Å². The topological polar surface area (TPSA) is 62.3 Å². The molecule has 0 spiro atoms. The largest absolute Gasteiger partial charge is 0.416 e. The molecule has 30 heavy (non-hydrogen) atoms. The number of aromatic nitrogens is 1. The van der Waals surface area contributed by atoms with Gasteiger partial charge in [0.15, 0.2) is 0 Å². The Kier molecular flexibility index (Phi) is 4.48. The van der Waals surface area contributed by atoms with Gasteiger partial charge in [0.2, 0.25) is 0 Å². The standard InChI is InChI=1S/C21H15F4N3O2/c1-20(14-5-2-6-15(10-14)21(23,24)25)18(29)28(19(30)27-20)11-13-9-16(22)8-12-4-3-7-26-17(12)13/h2-10H,11H2,1H3,(H,27,30). The molecule has 154 valence electrons. The zero-order valence-corrected chi connectivity index (χ0v) is 15.6. The maximum absolute atomic E-state index is 14.0. The molecule has 1 fully saturated rings. The van der Waals surface area contributed by atoms with E-state index in [2.05, 4.69) is 10.3 Å². The molecule has 0 bridgehead atoms. The number of imide groups is 1. The second-order valence-corrected chi connectivity index (χ2v) is 7.17. The molecule has 3 aromatic rings. The molecule has 1 saturated heterocycles. The minimum Gasteiger partial charge on any atom is -0.319 e. The van der Waals surface area contributed by atoms with Gasteiger partial charge in [0.1, 0.15) is 11.4 Å². The average Bonchev–Trinajstić information content (AvgIpc) is 2.91. The molecule has 2 heterocycles. The lowest BCUT2D eigenvalue weighted by Gasteiger charge is -2.23. The van der Waals surface area contributed by atoms with Crippen LogP contribution in [-0.2, 0) is 23.1 Å². The van der Waals surface area contributed by atoms with Gasteiger partial charge in [-0.15, -0.1) is 0 Å². The van der Waals surface area contributed by atoms with Crippen LogP contribution in [0.2, 0.25) is 0 Å². The number of nitrogens with zero attached hydrogens (tertiary/aromatic N) is 2. The van der Waals surface area contributed by atoms with Gasteiger partial charge in [-0.25, -0.2) is 9.18 Å². The quantitative estimate of drug-likeness (QED) is 0.509. The number of fused-ring (bicyclic) bond motifs is 1. The Morgan fingerprint density at radius 3 is 2.60 bits per heavy atom. The molecule has 0 radical (unpaired) electrons. The van der Waals surface area contributed by atoms with E-state index in [0.717, 1.165) is 17.0 Å². The SMILES string of the molecule is CC1(c2cccc(C(F)(F)F)c2)NC(=O)N(Cc2cc(F)cc3cccnc23)C1=O. The third kappa shape index (κ3) is 3.26. The first-order valence-corrected chi connectivity index (χ1v) is 8.94. The van der Waals surface area contributed by atoms with E-state index in [1.165, 1.54) is 37.4 Å². The molecule has 9 heteroatoms. The van der Waals surface area contributed by atoms with E-state index in [9.17, 15) is 27.2 Å². The van der Waals surface area contributed by atoms with Crippen molar-refractivity contribution >= 4 is 22.8 Å². The van der Waals surface area contributed by atoms with E-state index in [-0.39, 0.29) is 12.1 Å². The van der Waals surface area contributed by atoms with Gasteiger partial charge in [-0.05, 0) is 42.8 Å². The lowest BCUT2D eigenvalue weighted by molar-refractivity contribution is -0.138. The minimum atomic E-state index is -4.59. The van der Waals surface area contributed by atoms with Gasteiger partial charge in [0.25, 0.3) is 5.91 Å². The first-order valence-electron chi connectivity index (χ1n) is 8.94. The summed E-state index contributed by atoms with van der Waals surface area (Å²) in [6, 6.07) is 9.19. The van der Waals surface area contributed by atoms with Gasteiger partial charge in [-0.2, -0.15) is 13.2 Å². The average molecular weight is 417 g/mol. The lowest BCUT2D eigenvalue weighted by atomic mass is 9.90. The number of halogens is 4. The van der Waals surface area contributed by atoms with Crippen LogP contribution in [0.1, 0.15) is 23.6 Å². The molecule has 5 nitrogen and oxygen atoms in total. The summed E-state index contributed by atoms with van der Waals surface area (Å²) in [5, 5.41) is 2.96. The zero-order chi connectivity index (χ0) is 21.7. The number of alkyl halides is 3. The number of nitrogens with one attached hydrogen (secondary N) is 1. The third-order valence-corrected chi connectivity index (χ3v) is 5.12. The summed E-state index contributed by atoms with van der Waals surface area (Å²) in [6.45, 7) is 1.06. The summed E-state index contributed by atoms with van der Waals surface area (Å²) < 4.78 is 53.2. The van der Waals surface area contributed by atoms with Crippen LogP contribution in [0.4, 0.5) is 22.4 Å². The number of amides is 3. The molecule has 1 N–H and O–H groups in total. The van der Waals surface area contributed by atoms with Crippen LogP contribution in [0, 0.1) is 5.82 Å². The first-order chi connectivity index (χ1) is 14.1. The Morgan fingerprint density at radius 1 is 1.10 bits per heavy atom. The van der Waals surface area contributed by atoms with Crippen LogP contribution < -0.4 is 5.32 Å². The number of rotatable bonds is 3. The monoisotopic (exact) mass is 417 g/mol. The molecule has 2 aromatic carbocycles. The highest BCUT2D eigenvalue weighted by atomic mass is 19.4. The summed E-state index contributed by atoms with van der Waals surface area (Å²) in [5.74, 6) is -1.29. The normalized spacial score (nSPS) is 19.4. The van der Waals surface area contributed by atoms with Crippen molar-refractivity contribution < 1.29 is 27.2 Å².